The first-order valence-electron chi connectivity index (χ1n) is 8.60. The van der Waals surface area contributed by atoms with Gasteiger partial charge in [-0.2, -0.15) is 0 Å². The van der Waals surface area contributed by atoms with Crippen molar-refractivity contribution in [2.24, 2.45) is 11.7 Å². The van der Waals surface area contributed by atoms with E-state index in [1.165, 1.54) is 89.9 Å². The molecule has 1 rings (SSSR count). The summed E-state index contributed by atoms with van der Waals surface area (Å²) in [6.45, 7) is 2.28. The standard InChI is InChI=1S/C17H35N/c1-2-3-4-5-9-12-15-17(18)16-13-10-7-6-8-11-14-16/h16-17H,2-15,18H2,1H3. The highest BCUT2D eigenvalue weighted by atomic mass is 14.6. The molecule has 0 bridgehead atoms. The van der Waals surface area contributed by atoms with E-state index in [0.717, 1.165) is 5.92 Å². The van der Waals surface area contributed by atoms with E-state index in [4.69, 9.17) is 5.73 Å². The number of unbranched alkanes of at least 4 members (excludes halogenated alkanes) is 5. The van der Waals surface area contributed by atoms with E-state index >= 15 is 0 Å². The largest absolute Gasteiger partial charge is 0.327 e. The normalized spacial score (nSPS) is 20.3. The number of rotatable bonds is 8. The van der Waals surface area contributed by atoms with E-state index in [9.17, 15) is 0 Å². The summed E-state index contributed by atoms with van der Waals surface area (Å²) in [6.07, 6.45) is 19.6. The van der Waals surface area contributed by atoms with E-state index in [-0.39, 0.29) is 0 Å². The molecule has 1 unspecified atom stereocenters. The zero-order valence-electron chi connectivity index (χ0n) is 12.6. The molecule has 0 spiro atoms. The van der Waals surface area contributed by atoms with E-state index in [1.54, 1.807) is 0 Å². The van der Waals surface area contributed by atoms with Gasteiger partial charge in [0.25, 0.3) is 0 Å². The molecule has 0 heterocycles. The van der Waals surface area contributed by atoms with Gasteiger partial charge >= 0.3 is 0 Å². The highest BCUT2D eigenvalue weighted by Gasteiger charge is 2.18. The lowest BCUT2D eigenvalue weighted by molar-refractivity contribution is 0.307. The second-order valence-electron chi connectivity index (χ2n) is 6.33. The minimum Gasteiger partial charge on any atom is -0.327 e. The lowest BCUT2D eigenvalue weighted by Crippen LogP contribution is -2.30. The third-order valence-electron chi connectivity index (χ3n) is 4.65. The maximum atomic E-state index is 6.41. The molecule has 1 nitrogen and oxygen atoms in total. The topological polar surface area (TPSA) is 26.0 Å². The van der Waals surface area contributed by atoms with Gasteiger partial charge in [0, 0.05) is 6.04 Å². The second kappa shape index (κ2) is 10.8. The van der Waals surface area contributed by atoms with E-state index < -0.39 is 0 Å². The zero-order chi connectivity index (χ0) is 13.1. The van der Waals surface area contributed by atoms with Crippen LogP contribution in [0, 0.1) is 5.92 Å². The lowest BCUT2D eigenvalue weighted by atomic mass is 9.84. The van der Waals surface area contributed by atoms with Crippen molar-refractivity contribution in [3.05, 3.63) is 0 Å². The Kier molecular flexibility index (Phi) is 9.65. The Balaban J connectivity index is 2.04. The maximum absolute atomic E-state index is 6.41. The van der Waals surface area contributed by atoms with Gasteiger partial charge < -0.3 is 5.73 Å². The summed E-state index contributed by atoms with van der Waals surface area (Å²) in [5.74, 6) is 0.834. The molecule has 0 aliphatic heterocycles. The highest BCUT2D eigenvalue weighted by Crippen LogP contribution is 2.26. The first kappa shape index (κ1) is 16.0. The first-order chi connectivity index (χ1) is 8.84. The smallest absolute Gasteiger partial charge is 0.00671 e. The van der Waals surface area contributed by atoms with Crippen LogP contribution in [-0.4, -0.2) is 6.04 Å². The van der Waals surface area contributed by atoms with Gasteiger partial charge in [-0.15, -0.1) is 0 Å². The maximum Gasteiger partial charge on any atom is 0.00671 e. The van der Waals surface area contributed by atoms with Crippen molar-refractivity contribution in [1.29, 1.82) is 0 Å². The first-order valence-corrected chi connectivity index (χ1v) is 8.60. The third kappa shape index (κ3) is 7.41. The summed E-state index contributed by atoms with van der Waals surface area (Å²) in [4.78, 5) is 0. The molecular weight excluding hydrogens is 218 g/mol. The predicted octanol–water partition coefficient (Wildman–Crippen LogP) is 5.42. The minimum atomic E-state index is 0.495. The summed E-state index contributed by atoms with van der Waals surface area (Å²) >= 11 is 0. The number of nitrogens with two attached hydrogens (primary N) is 1. The molecule has 0 saturated heterocycles. The summed E-state index contributed by atoms with van der Waals surface area (Å²) in [7, 11) is 0. The SMILES string of the molecule is CCCCCCCCC(N)C1CCCCCCC1. The summed E-state index contributed by atoms with van der Waals surface area (Å²) in [5, 5.41) is 0. The van der Waals surface area contributed by atoms with Crippen molar-refractivity contribution in [2.75, 3.05) is 0 Å². The van der Waals surface area contributed by atoms with Gasteiger partial charge in [-0.25, -0.2) is 0 Å². The Hall–Kier alpha value is -0.0400. The molecule has 108 valence electrons. The van der Waals surface area contributed by atoms with E-state index in [1.807, 2.05) is 0 Å². The zero-order valence-corrected chi connectivity index (χ0v) is 12.6. The van der Waals surface area contributed by atoms with Crippen molar-refractivity contribution < 1.29 is 0 Å². The molecule has 1 aliphatic carbocycles. The van der Waals surface area contributed by atoms with Crippen LogP contribution >= 0.6 is 0 Å². The Bertz CT molecular complexity index is 170. The molecule has 1 saturated carbocycles. The molecule has 1 heteroatoms. The van der Waals surface area contributed by atoms with Crippen LogP contribution < -0.4 is 5.73 Å². The molecule has 1 aliphatic rings. The highest BCUT2D eigenvalue weighted by molar-refractivity contribution is 4.74. The molecule has 1 fully saturated rings. The van der Waals surface area contributed by atoms with Crippen LogP contribution in [0.1, 0.15) is 96.8 Å². The molecule has 0 aromatic carbocycles. The molecule has 1 atom stereocenters. The van der Waals surface area contributed by atoms with Crippen molar-refractivity contribution in [2.45, 2.75) is 103 Å². The fourth-order valence-corrected chi connectivity index (χ4v) is 3.31. The molecular formula is C17H35N. The molecule has 0 amide bonds. The quantitative estimate of drug-likeness (QED) is 0.574. The average molecular weight is 253 g/mol. The van der Waals surface area contributed by atoms with Crippen LogP contribution in [0.3, 0.4) is 0 Å². The number of hydrogen-bond donors (Lipinski definition) is 1. The van der Waals surface area contributed by atoms with Crippen molar-refractivity contribution in [3.8, 4) is 0 Å². The van der Waals surface area contributed by atoms with Crippen LogP contribution in [0.2, 0.25) is 0 Å². The van der Waals surface area contributed by atoms with Gasteiger partial charge in [0.2, 0.25) is 0 Å². The second-order valence-corrected chi connectivity index (χ2v) is 6.33. The van der Waals surface area contributed by atoms with Gasteiger partial charge in [0.05, 0.1) is 0 Å². The third-order valence-corrected chi connectivity index (χ3v) is 4.65. The fraction of sp³-hybridized carbons (Fsp3) is 1.00. The fourth-order valence-electron chi connectivity index (χ4n) is 3.31. The van der Waals surface area contributed by atoms with Crippen LogP contribution in [0.4, 0.5) is 0 Å². The molecule has 0 radical (unpaired) electrons. The summed E-state index contributed by atoms with van der Waals surface area (Å²) < 4.78 is 0. The van der Waals surface area contributed by atoms with Crippen molar-refractivity contribution in [3.63, 3.8) is 0 Å². The van der Waals surface area contributed by atoms with Gasteiger partial charge in [0.1, 0.15) is 0 Å². The molecule has 0 aromatic rings. The Morgan fingerprint density at radius 2 is 1.39 bits per heavy atom. The van der Waals surface area contributed by atoms with Crippen molar-refractivity contribution in [1.82, 2.24) is 0 Å². The lowest BCUT2D eigenvalue weighted by Gasteiger charge is -2.25. The van der Waals surface area contributed by atoms with Gasteiger partial charge in [-0.05, 0) is 25.2 Å². The predicted molar refractivity (Wildman–Crippen MR) is 81.8 cm³/mol. The molecule has 18 heavy (non-hydrogen) atoms. The Morgan fingerprint density at radius 1 is 0.833 bits per heavy atom. The van der Waals surface area contributed by atoms with Crippen LogP contribution in [-0.2, 0) is 0 Å². The van der Waals surface area contributed by atoms with E-state index in [0.29, 0.717) is 6.04 Å². The van der Waals surface area contributed by atoms with Gasteiger partial charge in [-0.3, -0.25) is 0 Å². The Morgan fingerprint density at radius 3 is 2.06 bits per heavy atom. The van der Waals surface area contributed by atoms with Gasteiger partial charge in [-0.1, -0.05) is 77.6 Å². The summed E-state index contributed by atoms with van der Waals surface area (Å²) in [5.41, 5.74) is 6.41. The van der Waals surface area contributed by atoms with Gasteiger partial charge in [0.15, 0.2) is 0 Å². The van der Waals surface area contributed by atoms with Crippen LogP contribution in [0.5, 0.6) is 0 Å². The number of hydrogen-bond acceptors (Lipinski definition) is 1. The van der Waals surface area contributed by atoms with Crippen LogP contribution in [0.25, 0.3) is 0 Å². The summed E-state index contributed by atoms with van der Waals surface area (Å²) in [6, 6.07) is 0.495. The van der Waals surface area contributed by atoms with E-state index in [2.05, 4.69) is 6.92 Å². The monoisotopic (exact) mass is 253 g/mol. The minimum absolute atomic E-state index is 0.495. The molecule has 2 N–H and O–H groups in total. The van der Waals surface area contributed by atoms with Crippen LogP contribution in [0.15, 0.2) is 0 Å². The molecule has 0 aromatic heterocycles. The van der Waals surface area contributed by atoms with Crippen molar-refractivity contribution >= 4 is 0 Å². The average Bonchev–Trinajstić information content (AvgIpc) is 2.33. The Labute approximate surface area is 115 Å².